The Labute approximate surface area is 252 Å². The predicted molar refractivity (Wildman–Crippen MR) is 167 cm³/mol. The van der Waals surface area contributed by atoms with Crippen molar-refractivity contribution in [1.29, 1.82) is 10.8 Å². The van der Waals surface area contributed by atoms with Crippen molar-refractivity contribution in [3.8, 4) is 0 Å². The van der Waals surface area contributed by atoms with E-state index in [2.05, 4.69) is 31.5 Å². The molecule has 2 aromatic rings. The zero-order chi connectivity index (χ0) is 29.4. The van der Waals surface area contributed by atoms with Gasteiger partial charge in [0, 0.05) is 29.7 Å². The second-order valence-electron chi connectivity index (χ2n) is 11.6. The smallest absolute Gasteiger partial charge is 0.242 e. The van der Waals surface area contributed by atoms with Gasteiger partial charge in [0.1, 0.15) is 11.9 Å². The number of halogens is 1. The van der Waals surface area contributed by atoms with E-state index in [-0.39, 0.29) is 23.6 Å². The summed E-state index contributed by atoms with van der Waals surface area (Å²) in [5.41, 5.74) is 8.11. The monoisotopic (exact) mass is 622 g/mol. The van der Waals surface area contributed by atoms with Crippen LogP contribution < -0.4 is 16.4 Å². The molecule has 6 N–H and O–H groups in total. The number of rotatable bonds is 10. The number of carbonyl (C=O) groups excluding carboxylic acids is 2. The zero-order valence-electron chi connectivity index (χ0n) is 23.9. The highest BCUT2D eigenvalue weighted by Gasteiger charge is 2.34. The summed E-state index contributed by atoms with van der Waals surface area (Å²) in [6, 6.07) is 14.6. The first kappa shape index (κ1) is 30.8. The lowest BCUT2D eigenvalue weighted by Gasteiger charge is -2.34. The van der Waals surface area contributed by atoms with Crippen LogP contribution in [0.4, 0.5) is 0 Å². The van der Waals surface area contributed by atoms with Gasteiger partial charge >= 0.3 is 0 Å². The molecule has 1 aliphatic carbocycles. The maximum Gasteiger partial charge on any atom is 0.242 e. The van der Waals surface area contributed by atoms with Crippen LogP contribution in [0.5, 0.6) is 0 Å². The second-order valence-corrected chi connectivity index (χ2v) is 12.5. The van der Waals surface area contributed by atoms with Crippen LogP contribution in [0.2, 0.25) is 0 Å². The first-order valence-corrected chi connectivity index (χ1v) is 15.6. The molecule has 8 nitrogen and oxygen atoms in total. The third-order valence-electron chi connectivity index (χ3n) is 8.63. The van der Waals surface area contributed by atoms with Crippen LogP contribution in [0.3, 0.4) is 0 Å². The van der Waals surface area contributed by atoms with Gasteiger partial charge in [0.15, 0.2) is 0 Å². The van der Waals surface area contributed by atoms with Gasteiger partial charge in [-0.2, -0.15) is 0 Å². The second kappa shape index (κ2) is 14.6. The first-order chi connectivity index (χ1) is 19.7. The fourth-order valence-corrected chi connectivity index (χ4v) is 6.50. The number of amidine groups is 2. The van der Waals surface area contributed by atoms with Crippen molar-refractivity contribution in [2.75, 3.05) is 19.6 Å². The topological polar surface area (TPSA) is 135 Å². The summed E-state index contributed by atoms with van der Waals surface area (Å²) >= 11 is 3.55. The number of amides is 2. The molecule has 4 rings (SSSR count). The number of nitrogen functional groups attached to an aromatic ring is 1. The molecule has 2 aliphatic rings. The molecular weight excluding hydrogens is 580 g/mol. The van der Waals surface area contributed by atoms with Crippen LogP contribution in [0.15, 0.2) is 53.0 Å². The number of nitrogens with two attached hydrogens (primary N) is 1. The number of nitrogens with one attached hydrogen (secondary N) is 4. The highest BCUT2D eigenvalue weighted by molar-refractivity contribution is 9.10. The predicted octanol–water partition coefficient (Wildman–Crippen LogP) is 4.95. The van der Waals surface area contributed by atoms with Crippen LogP contribution in [-0.2, 0) is 16.0 Å². The van der Waals surface area contributed by atoms with Gasteiger partial charge in [0.25, 0.3) is 0 Å². The van der Waals surface area contributed by atoms with Gasteiger partial charge in [0.2, 0.25) is 11.8 Å². The van der Waals surface area contributed by atoms with Crippen molar-refractivity contribution in [2.45, 2.75) is 70.3 Å². The maximum atomic E-state index is 14.0. The van der Waals surface area contributed by atoms with E-state index in [0.29, 0.717) is 30.3 Å². The summed E-state index contributed by atoms with van der Waals surface area (Å²) in [6.45, 7) is 4.11. The Kier molecular flexibility index (Phi) is 11.0. The summed E-state index contributed by atoms with van der Waals surface area (Å²) in [5, 5.41) is 21.9. The lowest BCUT2D eigenvalue weighted by atomic mass is 9.82. The number of carbonyl (C=O) groups is 2. The van der Waals surface area contributed by atoms with E-state index >= 15 is 0 Å². The molecule has 2 fully saturated rings. The van der Waals surface area contributed by atoms with Crippen molar-refractivity contribution in [1.82, 2.24) is 15.5 Å². The Morgan fingerprint density at radius 3 is 2.29 bits per heavy atom. The average molecular weight is 624 g/mol. The van der Waals surface area contributed by atoms with Gasteiger partial charge in [-0.15, -0.1) is 0 Å². The third kappa shape index (κ3) is 8.64. The first-order valence-electron chi connectivity index (χ1n) is 14.8. The van der Waals surface area contributed by atoms with Crippen molar-refractivity contribution in [3.05, 3.63) is 69.7 Å². The Morgan fingerprint density at radius 1 is 1.00 bits per heavy atom. The SMILES string of the molecule is CC(=N)N1CCC(CNC(=O)[C@@H](NC(=O)C(Cc2ccc(C(=N)N)cc2)c2cccc(Br)c2)C2CCCCC2)CC1. The highest BCUT2D eigenvalue weighted by Crippen LogP contribution is 2.29. The molecule has 1 heterocycles. The minimum atomic E-state index is -0.568. The normalized spacial score (nSPS) is 17.9. The molecule has 0 aromatic heterocycles. The van der Waals surface area contributed by atoms with Crippen LogP contribution in [0, 0.1) is 22.7 Å². The molecule has 220 valence electrons. The van der Waals surface area contributed by atoms with Gasteiger partial charge in [-0.3, -0.25) is 20.4 Å². The molecule has 1 saturated carbocycles. The minimum Gasteiger partial charge on any atom is -0.384 e. The van der Waals surface area contributed by atoms with Crippen molar-refractivity contribution in [3.63, 3.8) is 0 Å². The molecule has 2 aromatic carbocycles. The highest BCUT2D eigenvalue weighted by atomic mass is 79.9. The van der Waals surface area contributed by atoms with Crippen LogP contribution >= 0.6 is 15.9 Å². The quantitative estimate of drug-likeness (QED) is 0.189. The molecular formula is C32H43BrN6O2. The van der Waals surface area contributed by atoms with E-state index in [1.165, 1.54) is 6.42 Å². The van der Waals surface area contributed by atoms with Gasteiger partial charge < -0.3 is 21.3 Å². The van der Waals surface area contributed by atoms with Crippen molar-refractivity contribution >= 4 is 39.4 Å². The van der Waals surface area contributed by atoms with E-state index in [4.69, 9.17) is 16.6 Å². The fraction of sp³-hybridized carbons (Fsp3) is 0.500. The Balaban J connectivity index is 1.49. The molecule has 9 heteroatoms. The molecule has 0 spiro atoms. The number of benzene rings is 2. The molecule has 2 amide bonds. The van der Waals surface area contributed by atoms with Gasteiger partial charge in [-0.05, 0) is 74.1 Å². The van der Waals surface area contributed by atoms with Gasteiger partial charge in [-0.1, -0.05) is 71.6 Å². The molecule has 41 heavy (non-hydrogen) atoms. The van der Waals surface area contributed by atoms with E-state index in [9.17, 15) is 9.59 Å². The lowest BCUT2D eigenvalue weighted by Crippen LogP contribution is -2.53. The summed E-state index contributed by atoms with van der Waals surface area (Å²) in [7, 11) is 0. The van der Waals surface area contributed by atoms with Crippen molar-refractivity contribution < 1.29 is 9.59 Å². The third-order valence-corrected chi connectivity index (χ3v) is 9.12. The molecule has 1 saturated heterocycles. The Bertz CT molecular complexity index is 1220. The summed E-state index contributed by atoms with van der Waals surface area (Å²) in [5.74, 6) is 0.381. The Morgan fingerprint density at radius 2 is 1.68 bits per heavy atom. The van der Waals surface area contributed by atoms with Crippen LogP contribution in [0.1, 0.15) is 74.5 Å². The number of hydrogen-bond acceptors (Lipinski definition) is 4. The van der Waals surface area contributed by atoms with Gasteiger partial charge in [-0.25, -0.2) is 0 Å². The summed E-state index contributed by atoms with van der Waals surface area (Å²) < 4.78 is 0.894. The average Bonchev–Trinajstić information content (AvgIpc) is 2.98. The molecule has 1 unspecified atom stereocenters. The zero-order valence-corrected chi connectivity index (χ0v) is 25.5. The molecule has 2 atom stereocenters. The van der Waals surface area contributed by atoms with E-state index in [0.717, 1.165) is 67.2 Å². The Hall–Kier alpha value is -3.20. The van der Waals surface area contributed by atoms with Gasteiger partial charge in [0.05, 0.1) is 11.8 Å². The number of hydrogen-bond donors (Lipinski definition) is 5. The molecule has 0 radical (unpaired) electrons. The fourth-order valence-electron chi connectivity index (χ4n) is 6.09. The standard InChI is InChI=1S/C32H43BrN6O2/c1-21(34)39-16-14-23(15-17-39)20-37-32(41)29(24-6-3-2-4-7-24)38-31(40)28(26-8-5-9-27(33)19-26)18-22-10-12-25(13-11-22)30(35)36/h5,8-13,19,23-24,28-29,34H,2-4,6-7,14-18,20H2,1H3,(H3,35,36)(H,37,41)(H,38,40)/t28?,29-/m0/s1. The molecule has 1 aliphatic heterocycles. The lowest BCUT2D eigenvalue weighted by molar-refractivity contribution is -0.131. The summed E-state index contributed by atoms with van der Waals surface area (Å²) in [4.78, 5) is 29.8. The van der Waals surface area contributed by atoms with Crippen molar-refractivity contribution in [2.24, 2.45) is 17.6 Å². The number of nitrogens with zero attached hydrogens (tertiary/aromatic N) is 1. The minimum absolute atomic E-state index is 0.00885. The van der Waals surface area contributed by atoms with E-state index in [1.807, 2.05) is 43.3 Å². The van der Waals surface area contributed by atoms with E-state index < -0.39 is 12.0 Å². The largest absolute Gasteiger partial charge is 0.384 e. The number of piperidine rings is 1. The van der Waals surface area contributed by atoms with E-state index in [1.54, 1.807) is 12.1 Å². The summed E-state index contributed by atoms with van der Waals surface area (Å²) in [6.07, 6.45) is 7.54. The van der Waals surface area contributed by atoms with Crippen LogP contribution in [-0.4, -0.2) is 54.1 Å². The maximum absolute atomic E-state index is 14.0. The van der Waals surface area contributed by atoms with Crippen LogP contribution in [0.25, 0.3) is 0 Å². The molecule has 0 bridgehead atoms. The number of likely N-dealkylation sites (tertiary alicyclic amines) is 1.